The summed E-state index contributed by atoms with van der Waals surface area (Å²) in [5, 5.41) is 11.1. The Morgan fingerprint density at radius 2 is 2.00 bits per heavy atom. The number of nitro groups is 1. The first-order valence-corrected chi connectivity index (χ1v) is 13.4. The highest BCUT2D eigenvalue weighted by Crippen LogP contribution is 2.25. The molecule has 1 saturated heterocycles. The number of benzene rings is 2. The summed E-state index contributed by atoms with van der Waals surface area (Å²) < 4.78 is 35.0. The lowest BCUT2D eigenvalue weighted by Gasteiger charge is -2.30. The number of non-ortho nitro benzene ring substituents is 1. The second kappa shape index (κ2) is 10.4. The van der Waals surface area contributed by atoms with Crippen LogP contribution in [0.2, 0.25) is 0 Å². The largest absolute Gasteiger partial charge is 0.383 e. The number of ether oxygens (including phenoxy) is 1. The van der Waals surface area contributed by atoms with Crippen LogP contribution in [0.25, 0.3) is 10.2 Å². The van der Waals surface area contributed by atoms with Crippen molar-refractivity contribution in [1.29, 1.82) is 0 Å². The average Bonchev–Trinajstić information content (AvgIpc) is 3.18. The Kier molecular flexibility index (Phi) is 7.45. The summed E-state index contributed by atoms with van der Waals surface area (Å²) in [7, 11) is -2.06. The van der Waals surface area contributed by atoms with E-state index in [0.717, 1.165) is 12.8 Å². The van der Waals surface area contributed by atoms with Crippen molar-refractivity contribution in [2.75, 3.05) is 26.8 Å². The van der Waals surface area contributed by atoms with Crippen LogP contribution in [0.3, 0.4) is 0 Å². The number of sulfonamides is 1. The fraction of sp³-hybridized carbons (Fsp3) is 0.391. The summed E-state index contributed by atoms with van der Waals surface area (Å²) >= 11 is 1.17. The van der Waals surface area contributed by atoms with Gasteiger partial charge in [0.15, 0.2) is 4.80 Å². The number of amides is 1. The highest BCUT2D eigenvalue weighted by atomic mass is 32.2. The summed E-state index contributed by atoms with van der Waals surface area (Å²) in [4.78, 5) is 28.4. The first kappa shape index (κ1) is 25.2. The third-order valence-electron chi connectivity index (χ3n) is 5.95. The molecule has 186 valence electrons. The zero-order chi connectivity index (χ0) is 25.2. The Morgan fingerprint density at radius 1 is 1.26 bits per heavy atom. The van der Waals surface area contributed by atoms with Gasteiger partial charge in [-0.05, 0) is 49.1 Å². The van der Waals surface area contributed by atoms with Crippen molar-refractivity contribution < 1.29 is 22.9 Å². The van der Waals surface area contributed by atoms with Gasteiger partial charge >= 0.3 is 0 Å². The fourth-order valence-corrected chi connectivity index (χ4v) is 6.78. The maximum Gasteiger partial charge on any atom is 0.279 e. The predicted molar refractivity (Wildman–Crippen MR) is 132 cm³/mol. The van der Waals surface area contributed by atoms with Crippen LogP contribution in [-0.4, -0.2) is 54.9 Å². The van der Waals surface area contributed by atoms with E-state index in [9.17, 15) is 23.3 Å². The quantitative estimate of drug-likeness (QED) is 0.349. The van der Waals surface area contributed by atoms with Crippen LogP contribution < -0.4 is 4.80 Å². The molecule has 0 N–H and O–H groups in total. The van der Waals surface area contributed by atoms with E-state index in [-0.39, 0.29) is 16.1 Å². The molecule has 1 atom stereocenters. The van der Waals surface area contributed by atoms with Crippen molar-refractivity contribution >= 4 is 43.2 Å². The third-order valence-corrected chi connectivity index (χ3v) is 8.87. The van der Waals surface area contributed by atoms with Crippen LogP contribution in [0, 0.1) is 16.0 Å². The number of rotatable bonds is 7. The van der Waals surface area contributed by atoms with Crippen LogP contribution in [0.1, 0.15) is 30.1 Å². The van der Waals surface area contributed by atoms with E-state index in [1.54, 1.807) is 17.7 Å². The number of carbonyl (C=O) groups is 1. The molecule has 2 heterocycles. The van der Waals surface area contributed by atoms with Crippen molar-refractivity contribution in [3.63, 3.8) is 0 Å². The van der Waals surface area contributed by atoms with Crippen molar-refractivity contribution in [1.82, 2.24) is 8.87 Å². The lowest BCUT2D eigenvalue weighted by Crippen LogP contribution is -2.39. The molecule has 10 nitrogen and oxygen atoms in total. The van der Waals surface area contributed by atoms with Crippen LogP contribution in [0.4, 0.5) is 5.69 Å². The summed E-state index contributed by atoms with van der Waals surface area (Å²) in [5.74, 6) is -0.224. The molecule has 1 aromatic heterocycles. The van der Waals surface area contributed by atoms with Crippen molar-refractivity contribution in [3.05, 3.63) is 62.9 Å². The minimum Gasteiger partial charge on any atom is -0.383 e. The number of piperidine rings is 1. The highest BCUT2D eigenvalue weighted by Gasteiger charge is 2.28. The average molecular weight is 519 g/mol. The van der Waals surface area contributed by atoms with Gasteiger partial charge in [0.25, 0.3) is 11.6 Å². The third kappa shape index (κ3) is 5.35. The van der Waals surface area contributed by atoms with Gasteiger partial charge in [-0.15, -0.1) is 0 Å². The predicted octanol–water partition coefficient (Wildman–Crippen LogP) is 3.42. The molecule has 35 heavy (non-hydrogen) atoms. The molecule has 0 aliphatic carbocycles. The molecule has 0 spiro atoms. The van der Waals surface area contributed by atoms with Gasteiger partial charge in [-0.1, -0.05) is 18.3 Å². The number of hydrogen-bond donors (Lipinski definition) is 0. The molecule has 0 bridgehead atoms. The Hall–Kier alpha value is -2.93. The van der Waals surface area contributed by atoms with E-state index in [1.807, 2.05) is 6.92 Å². The molecule has 1 aliphatic heterocycles. The van der Waals surface area contributed by atoms with Gasteiger partial charge in [0, 0.05) is 44.4 Å². The first-order chi connectivity index (χ1) is 16.7. The first-order valence-electron chi connectivity index (χ1n) is 11.2. The van der Waals surface area contributed by atoms with Gasteiger partial charge < -0.3 is 9.30 Å². The van der Waals surface area contributed by atoms with Crippen LogP contribution in [0.15, 0.2) is 52.4 Å². The number of nitrogens with zero attached hydrogens (tertiary/aromatic N) is 4. The smallest absolute Gasteiger partial charge is 0.279 e. The van der Waals surface area contributed by atoms with E-state index in [0.29, 0.717) is 47.2 Å². The Bertz CT molecular complexity index is 1430. The zero-order valence-corrected chi connectivity index (χ0v) is 21.0. The number of fused-ring (bicyclic) bond motifs is 1. The maximum absolute atomic E-state index is 13.0. The van der Waals surface area contributed by atoms with Gasteiger partial charge in [-0.3, -0.25) is 14.9 Å². The number of methoxy groups -OCH3 is 1. The number of carbonyl (C=O) groups excluding carboxylic acids is 1. The van der Waals surface area contributed by atoms with Crippen molar-refractivity contribution in [3.8, 4) is 0 Å². The number of aromatic nitrogens is 1. The fourth-order valence-electron chi connectivity index (χ4n) is 4.09. The minimum atomic E-state index is -3.62. The topological polar surface area (TPSA) is 124 Å². The summed E-state index contributed by atoms with van der Waals surface area (Å²) in [6.07, 6.45) is 1.84. The van der Waals surface area contributed by atoms with Crippen LogP contribution >= 0.6 is 11.3 Å². The monoisotopic (exact) mass is 518 g/mol. The van der Waals surface area contributed by atoms with Gasteiger partial charge in [0.2, 0.25) is 10.0 Å². The molecule has 12 heteroatoms. The molecule has 2 aromatic carbocycles. The number of nitro benzene ring substituents is 1. The molecule has 0 radical (unpaired) electrons. The molecule has 0 saturated carbocycles. The van der Waals surface area contributed by atoms with E-state index in [4.69, 9.17) is 4.74 Å². The van der Waals surface area contributed by atoms with Gasteiger partial charge in [0.1, 0.15) is 0 Å². The molecular weight excluding hydrogens is 492 g/mol. The minimum absolute atomic E-state index is 0.0459. The molecule has 1 fully saturated rings. The zero-order valence-electron chi connectivity index (χ0n) is 19.4. The Balaban J connectivity index is 1.65. The van der Waals surface area contributed by atoms with Gasteiger partial charge in [-0.25, -0.2) is 8.42 Å². The highest BCUT2D eigenvalue weighted by molar-refractivity contribution is 7.89. The second-order valence-corrected chi connectivity index (χ2v) is 11.4. The van der Waals surface area contributed by atoms with E-state index < -0.39 is 20.9 Å². The number of hydrogen-bond acceptors (Lipinski definition) is 7. The lowest BCUT2D eigenvalue weighted by molar-refractivity contribution is -0.384. The summed E-state index contributed by atoms with van der Waals surface area (Å²) in [5.41, 5.74) is 0.912. The van der Waals surface area contributed by atoms with E-state index >= 15 is 0 Å². The van der Waals surface area contributed by atoms with E-state index in [1.165, 1.54) is 52.0 Å². The van der Waals surface area contributed by atoms with Gasteiger partial charge in [-0.2, -0.15) is 9.30 Å². The summed E-state index contributed by atoms with van der Waals surface area (Å²) in [6, 6.07) is 10.3. The molecule has 1 amide bonds. The molecule has 1 aliphatic rings. The van der Waals surface area contributed by atoms with Crippen LogP contribution in [0.5, 0.6) is 0 Å². The normalized spacial score (nSPS) is 17.7. The van der Waals surface area contributed by atoms with Crippen LogP contribution in [-0.2, 0) is 21.3 Å². The van der Waals surface area contributed by atoms with Gasteiger partial charge in [0.05, 0.1) is 26.6 Å². The SMILES string of the molecule is COCCn1c(=NC(=O)c2ccc(S(=O)(=O)N3CCCC(C)C3)cc2)sc2cc([N+](=O)[O-])ccc21. The molecular formula is C23H26N4O6S2. The molecule has 4 rings (SSSR count). The molecule has 1 unspecified atom stereocenters. The lowest BCUT2D eigenvalue weighted by atomic mass is 10.0. The van der Waals surface area contributed by atoms with Crippen molar-refractivity contribution in [2.24, 2.45) is 10.9 Å². The van der Waals surface area contributed by atoms with E-state index in [2.05, 4.69) is 4.99 Å². The maximum atomic E-state index is 13.0. The second-order valence-electron chi connectivity index (χ2n) is 8.49. The Morgan fingerprint density at radius 3 is 2.66 bits per heavy atom. The van der Waals surface area contributed by atoms with Crippen molar-refractivity contribution in [2.45, 2.75) is 31.2 Å². The summed E-state index contributed by atoms with van der Waals surface area (Å²) in [6.45, 7) is 3.80. The Labute approximate surface area is 206 Å². The standard InChI is InChI=1S/C23H26N4O6S2/c1-16-4-3-11-25(15-16)35(31,32)19-8-5-17(6-9-19)22(28)24-23-26(12-13-33-2)20-10-7-18(27(29)30)14-21(20)34-23/h5-10,14,16H,3-4,11-13,15H2,1-2H3. The number of thiazole rings is 1. The molecule has 3 aromatic rings.